The van der Waals surface area contributed by atoms with E-state index in [2.05, 4.69) is 10.1 Å². The van der Waals surface area contributed by atoms with E-state index in [1.54, 1.807) is 0 Å². The maximum absolute atomic E-state index is 11.6. The van der Waals surface area contributed by atoms with E-state index in [9.17, 15) is 14.4 Å². The Bertz CT molecular complexity index is 402. The van der Waals surface area contributed by atoms with E-state index in [-0.39, 0.29) is 24.0 Å². The van der Waals surface area contributed by atoms with Crippen LogP contribution in [0.25, 0.3) is 5.53 Å². The molecule has 0 aromatic heterocycles. The number of thioether (sulfide) groups is 1. The molecule has 1 fully saturated rings. The van der Waals surface area contributed by atoms with Crippen molar-refractivity contribution >= 4 is 35.6 Å². The van der Waals surface area contributed by atoms with Crippen molar-refractivity contribution in [1.29, 1.82) is 0 Å². The average Bonchev–Trinajstić information content (AvgIpc) is 2.21. The van der Waals surface area contributed by atoms with Crippen molar-refractivity contribution < 1.29 is 24.3 Å². The van der Waals surface area contributed by atoms with Crippen molar-refractivity contribution in [2.24, 2.45) is 0 Å². The first-order valence-electron chi connectivity index (χ1n) is 5.39. The number of aliphatic carboxylic acids is 1. The fraction of sp³-hybridized carbons (Fsp3) is 0.600. The fourth-order valence-electron chi connectivity index (χ4n) is 1.38. The van der Waals surface area contributed by atoms with Gasteiger partial charge in [0.15, 0.2) is 0 Å². The topological polar surface area (TPSA) is 120 Å². The van der Waals surface area contributed by atoms with Crippen molar-refractivity contribution in [3.63, 3.8) is 0 Å². The monoisotopic (exact) mass is 271 g/mol. The second-order valence-corrected chi connectivity index (χ2v) is 5.11. The van der Waals surface area contributed by atoms with E-state index in [0.29, 0.717) is 6.21 Å². The maximum Gasteiger partial charge on any atom is 0.326 e. The minimum Gasteiger partial charge on any atom is -0.480 e. The predicted molar refractivity (Wildman–Crippen MR) is 64.4 cm³/mol. The molecule has 0 aromatic carbocycles. The average molecular weight is 271 g/mol. The number of hydrogen-bond donors (Lipinski definition) is 2. The number of ketones is 1. The first kappa shape index (κ1) is 14.4. The lowest BCUT2D eigenvalue weighted by Crippen LogP contribution is -2.46. The highest BCUT2D eigenvalue weighted by Crippen LogP contribution is 2.27. The number of amides is 1. The van der Waals surface area contributed by atoms with Gasteiger partial charge in [-0.15, -0.1) is 11.8 Å². The Morgan fingerprint density at radius 3 is 2.67 bits per heavy atom. The van der Waals surface area contributed by atoms with Gasteiger partial charge in [0.1, 0.15) is 6.04 Å². The van der Waals surface area contributed by atoms with Crippen LogP contribution < -0.4 is 5.32 Å². The molecule has 1 amide bonds. The van der Waals surface area contributed by atoms with Gasteiger partial charge in [-0.05, 0) is 18.6 Å². The first-order valence-corrected chi connectivity index (χ1v) is 6.44. The molecule has 0 spiro atoms. The number of carboxylic acid groups (broad SMARTS) is 1. The molecule has 1 aliphatic heterocycles. The van der Waals surface area contributed by atoms with Crippen molar-refractivity contribution in [2.75, 3.05) is 5.75 Å². The molecular formula is C10H13N3O4S. The minimum absolute atomic E-state index is 0.0245. The molecule has 0 aliphatic carbocycles. The molecule has 1 saturated heterocycles. The van der Waals surface area contributed by atoms with Gasteiger partial charge in [-0.1, -0.05) is 0 Å². The Morgan fingerprint density at radius 1 is 1.56 bits per heavy atom. The Labute approximate surface area is 108 Å². The summed E-state index contributed by atoms with van der Waals surface area (Å²) in [4.78, 5) is 36.1. The van der Waals surface area contributed by atoms with Gasteiger partial charge < -0.3 is 16.0 Å². The Hall–Kier alpha value is -1.66. The molecule has 2 atom stereocenters. The van der Waals surface area contributed by atoms with Crippen LogP contribution in [0.15, 0.2) is 0 Å². The minimum atomic E-state index is -1.18. The molecule has 18 heavy (non-hydrogen) atoms. The van der Waals surface area contributed by atoms with Gasteiger partial charge in [0.05, 0.1) is 5.25 Å². The highest BCUT2D eigenvalue weighted by molar-refractivity contribution is 8.01. The Morgan fingerprint density at radius 2 is 2.22 bits per heavy atom. The van der Waals surface area contributed by atoms with Crippen molar-refractivity contribution in [3.05, 3.63) is 5.53 Å². The normalized spacial score (nSPS) is 19.0. The predicted octanol–water partition coefficient (Wildman–Crippen LogP) is -0.289. The highest BCUT2D eigenvalue weighted by Gasteiger charge is 2.29. The van der Waals surface area contributed by atoms with E-state index in [0.717, 1.165) is 12.2 Å². The van der Waals surface area contributed by atoms with E-state index in [1.807, 2.05) is 0 Å². The SMILES string of the molecule is [N-]=[N+]=CC(=O)CCC(NC(=O)[C@@H]1CCS1)C(=O)O. The molecule has 0 saturated carbocycles. The van der Waals surface area contributed by atoms with Gasteiger partial charge in [0.2, 0.25) is 11.7 Å². The number of nitrogens with zero attached hydrogens (tertiary/aromatic N) is 2. The van der Waals surface area contributed by atoms with Crippen LogP contribution >= 0.6 is 11.8 Å². The number of carboxylic acids is 1. The largest absolute Gasteiger partial charge is 0.480 e. The van der Waals surface area contributed by atoms with E-state index < -0.39 is 17.8 Å². The first-order chi connectivity index (χ1) is 8.54. The highest BCUT2D eigenvalue weighted by atomic mass is 32.2. The Balaban J connectivity index is 2.44. The standard InChI is InChI=1S/C10H13N3O4S/c11-12-5-6(14)1-2-7(10(16)17)13-9(15)8-3-4-18-8/h5,7-8H,1-4H2,(H,13,15)(H,16,17)/t7?,8-/m0/s1. The molecule has 1 unspecified atom stereocenters. The summed E-state index contributed by atoms with van der Waals surface area (Å²) in [6.45, 7) is 0. The lowest BCUT2D eigenvalue weighted by atomic mass is 10.1. The van der Waals surface area contributed by atoms with Crippen molar-refractivity contribution in [1.82, 2.24) is 5.32 Å². The molecule has 2 N–H and O–H groups in total. The molecule has 1 rings (SSSR count). The third-order valence-corrected chi connectivity index (χ3v) is 3.81. The zero-order valence-corrected chi connectivity index (χ0v) is 10.4. The molecule has 0 bridgehead atoms. The number of hydrogen-bond acceptors (Lipinski definition) is 4. The molecule has 1 aliphatic rings. The maximum atomic E-state index is 11.6. The van der Waals surface area contributed by atoms with Gasteiger partial charge in [0.25, 0.3) is 0 Å². The lowest BCUT2D eigenvalue weighted by molar-refractivity contribution is -0.142. The van der Waals surface area contributed by atoms with E-state index in [1.165, 1.54) is 11.8 Å². The number of rotatable bonds is 7. The summed E-state index contributed by atoms with van der Waals surface area (Å²) in [5.74, 6) is -1.07. The van der Waals surface area contributed by atoms with Crippen LogP contribution in [0.4, 0.5) is 0 Å². The number of nitrogens with one attached hydrogen (secondary N) is 1. The van der Waals surface area contributed by atoms with Crippen LogP contribution in [-0.4, -0.2) is 50.8 Å². The number of carbonyl (C=O) groups is 3. The van der Waals surface area contributed by atoms with E-state index in [4.69, 9.17) is 10.6 Å². The number of carbonyl (C=O) groups excluding carboxylic acids is 2. The zero-order chi connectivity index (χ0) is 13.5. The zero-order valence-electron chi connectivity index (χ0n) is 9.54. The molecule has 0 radical (unpaired) electrons. The van der Waals surface area contributed by atoms with Crippen LogP contribution in [0, 0.1) is 0 Å². The van der Waals surface area contributed by atoms with Gasteiger partial charge >= 0.3 is 12.2 Å². The molecule has 98 valence electrons. The second-order valence-electron chi connectivity index (χ2n) is 3.80. The summed E-state index contributed by atoms with van der Waals surface area (Å²) in [6, 6.07) is -1.09. The van der Waals surface area contributed by atoms with Crippen LogP contribution in [-0.2, 0) is 14.4 Å². The van der Waals surface area contributed by atoms with Crippen molar-refractivity contribution in [2.45, 2.75) is 30.6 Å². The fourth-order valence-corrected chi connectivity index (χ4v) is 2.07. The quantitative estimate of drug-likeness (QED) is 0.374. The summed E-state index contributed by atoms with van der Waals surface area (Å²) in [5, 5.41) is 11.1. The molecule has 8 heteroatoms. The smallest absolute Gasteiger partial charge is 0.326 e. The van der Waals surface area contributed by atoms with Crippen molar-refractivity contribution in [3.8, 4) is 0 Å². The second kappa shape index (κ2) is 6.93. The summed E-state index contributed by atoms with van der Waals surface area (Å²) in [7, 11) is 0. The lowest BCUT2D eigenvalue weighted by Gasteiger charge is -2.25. The number of Topliss-reactive ketones (excluding diaryl/α,β-unsaturated/α-hetero) is 1. The van der Waals surface area contributed by atoms with Crippen LogP contribution in [0.5, 0.6) is 0 Å². The van der Waals surface area contributed by atoms with Crippen LogP contribution in [0.2, 0.25) is 0 Å². The molecular weight excluding hydrogens is 258 g/mol. The third-order valence-electron chi connectivity index (χ3n) is 2.49. The van der Waals surface area contributed by atoms with E-state index >= 15 is 0 Å². The van der Waals surface area contributed by atoms with Gasteiger partial charge in [-0.3, -0.25) is 9.59 Å². The van der Waals surface area contributed by atoms with Crippen LogP contribution in [0.3, 0.4) is 0 Å². The van der Waals surface area contributed by atoms with Gasteiger partial charge in [-0.25, -0.2) is 4.79 Å². The summed E-state index contributed by atoms with van der Waals surface area (Å²) in [6.07, 6.45) is 1.34. The third kappa shape index (κ3) is 4.31. The summed E-state index contributed by atoms with van der Waals surface area (Å²) in [5.41, 5.74) is 8.13. The Kier molecular flexibility index (Phi) is 5.54. The molecule has 0 aromatic rings. The van der Waals surface area contributed by atoms with Crippen LogP contribution in [0.1, 0.15) is 19.3 Å². The van der Waals surface area contributed by atoms with Gasteiger partial charge in [0, 0.05) is 6.42 Å². The summed E-state index contributed by atoms with van der Waals surface area (Å²) < 4.78 is 0. The molecule has 1 heterocycles. The molecule has 7 nitrogen and oxygen atoms in total. The van der Waals surface area contributed by atoms with Gasteiger partial charge in [-0.2, -0.15) is 4.79 Å². The summed E-state index contributed by atoms with van der Waals surface area (Å²) >= 11 is 1.47.